The summed E-state index contributed by atoms with van der Waals surface area (Å²) in [5.41, 5.74) is 0.358. The zero-order chi connectivity index (χ0) is 14.7. The molecule has 1 aliphatic carbocycles. The third-order valence-corrected chi connectivity index (χ3v) is 3.33. The van der Waals surface area contributed by atoms with Crippen LogP contribution < -0.4 is 5.32 Å². The van der Waals surface area contributed by atoms with Crippen LogP contribution in [0.25, 0.3) is 0 Å². The number of nitrogens with one attached hydrogen (secondary N) is 1. The van der Waals surface area contributed by atoms with Crippen molar-refractivity contribution in [2.45, 2.75) is 45.3 Å². The molecule has 0 radical (unpaired) electrons. The molecule has 0 aliphatic heterocycles. The summed E-state index contributed by atoms with van der Waals surface area (Å²) in [7, 11) is 0. The zero-order valence-corrected chi connectivity index (χ0v) is 11.8. The molecule has 1 N–H and O–H groups in total. The van der Waals surface area contributed by atoms with E-state index in [0.717, 1.165) is 18.9 Å². The average Bonchev–Trinajstić information content (AvgIpc) is 3.19. The van der Waals surface area contributed by atoms with Gasteiger partial charge in [0.05, 0.1) is 6.54 Å². The largest absolute Gasteiger partial charge is 0.334 e. The molecule has 2 rings (SSSR count). The number of nitrogens with zero attached hydrogens (tertiary/aromatic N) is 1. The van der Waals surface area contributed by atoms with E-state index in [-0.39, 0.29) is 31.1 Å². The summed E-state index contributed by atoms with van der Waals surface area (Å²) in [4.78, 5) is 13.9. The topological polar surface area (TPSA) is 32.3 Å². The minimum atomic E-state index is -0.600. The highest BCUT2D eigenvalue weighted by molar-refractivity contribution is 5.79. The Hall–Kier alpha value is -1.49. The fraction of sp³-hybridized carbons (Fsp3) is 0.533. The standard InChI is InChI=1S/C15H20F2N2O/c1-10(2)18-8-15(20)19(13-5-6-13)9-11-3-4-12(16)7-14(11)17/h3-4,7,10,13,18H,5-6,8-9H2,1-2H3. The third-order valence-electron chi connectivity index (χ3n) is 3.33. The molecule has 0 atom stereocenters. The first-order valence-corrected chi connectivity index (χ1v) is 6.94. The normalized spacial score (nSPS) is 14.7. The summed E-state index contributed by atoms with van der Waals surface area (Å²) >= 11 is 0. The molecule has 0 spiro atoms. The van der Waals surface area contributed by atoms with Crippen molar-refractivity contribution in [2.75, 3.05) is 6.54 Å². The monoisotopic (exact) mass is 282 g/mol. The molecular formula is C15H20F2N2O. The van der Waals surface area contributed by atoms with Crippen LogP contribution in [0.4, 0.5) is 8.78 Å². The number of hydrogen-bond acceptors (Lipinski definition) is 2. The molecule has 0 unspecified atom stereocenters. The predicted molar refractivity (Wildman–Crippen MR) is 73.1 cm³/mol. The summed E-state index contributed by atoms with van der Waals surface area (Å²) in [6.07, 6.45) is 1.91. The van der Waals surface area contributed by atoms with Gasteiger partial charge in [0.2, 0.25) is 5.91 Å². The summed E-state index contributed by atoms with van der Waals surface area (Å²) in [5.74, 6) is -1.23. The van der Waals surface area contributed by atoms with Crippen molar-refractivity contribution in [3.8, 4) is 0 Å². The number of halogens is 2. The van der Waals surface area contributed by atoms with E-state index >= 15 is 0 Å². The SMILES string of the molecule is CC(C)NCC(=O)N(Cc1ccc(F)cc1F)C1CC1. The second-order valence-corrected chi connectivity index (χ2v) is 5.52. The molecule has 1 amide bonds. The number of benzene rings is 1. The van der Waals surface area contributed by atoms with Crippen molar-refractivity contribution >= 4 is 5.91 Å². The molecule has 0 saturated heterocycles. The first-order valence-electron chi connectivity index (χ1n) is 6.94. The van der Waals surface area contributed by atoms with Crippen molar-refractivity contribution in [1.82, 2.24) is 10.2 Å². The Morgan fingerprint density at radius 3 is 2.65 bits per heavy atom. The van der Waals surface area contributed by atoms with Crippen LogP contribution in [0.2, 0.25) is 0 Å². The van der Waals surface area contributed by atoms with Gasteiger partial charge in [-0.3, -0.25) is 4.79 Å². The zero-order valence-electron chi connectivity index (χ0n) is 11.8. The maximum Gasteiger partial charge on any atom is 0.237 e. The lowest BCUT2D eigenvalue weighted by Crippen LogP contribution is -2.41. The van der Waals surface area contributed by atoms with Gasteiger partial charge < -0.3 is 10.2 Å². The highest BCUT2D eigenvalue weighted by Crippen LogP contribution is 2.29. The minimum Gasteiger partial charge on any atom is -0.334 e. The second-order valence-electron chi connectivity index (χ2n) is 5.52. The first-order chi connectivity index (χ1) is 9.47. The van der Waals surface area contributed by atoms with Crippen LogP contribution in [0.1, 0.15) is 32.3 Å². The smallest absolute Gasteiger partial charge is 0.237 e. The quantitative estimate of drug-likeness (QED) is 0.869. The van der Waals surface area contributed by atoms with Crippen molar-refractivity contribution in [3.63, 3.8) is 0 Å². The van der Waals surface area contributed by atoms with Crippen LogP contribution in [0.3, 0.4) is 0 Å². The Balaban J connectivity index is 2.03. The van der Waals surface area contributed by atoms with E-state index < -0.39 is 11.6 Å². The van der Waals surface area contributed by atoms with Crippen LogP contribution in [0.15, 0.2) is 18.2 Å². The summed E-state index contributed by atoms with van der Waals surface area (Å²) < 4.78 is 26.6. The molecular weight excluding hydrogens is 262 g/mol. The van der Waals surface area contributed by atoms with Gasteiger partial charge in [0.25, 0.3) is 0 Å². The summed E-state index contributed by atoms with van der Waals surface area (Å²) in [6.45, 7) is 4.38. The molecule has 0 aromatic heterocycles. The number of hydrogen-bond donors (Lipinski definition) is 1. The molecule has 1 fully saturated rings. The molecule has 1 aliphatic rings. The van der Waals surface area contributed by atoms with Crippen LogP contribution >= 0.6 is 0 Å². The fourth-order valence-corrected chi connectivity index (χ4v) is 2.03. The van der Waals surface area contributed by atoms with Gasteiger partial charge in [-0.2, -0.15) is 0 Å². The number of carbonyl (C=O) groups is 1. The highest BCUT2D eigenvalue weighted by Gasteiger charge is 2.32. The number of rotatable bonds is 6. The van der Waals surface area contributed by atoms with Crippen molar-refractivity contribution in [2.24, 2.45) is 0 Å². The number of amides is 1. The molecule has 1 aromatic carbocycles. The van der Waals surface area contributed by atoms with Gasteiger partial charge in [-0.1, -0.05) is 19.9 Å². The number of carbonyl (C=O) groups excluding carboxylic acids is 1. The van der Waals surface area contributed by atoms with Gasteiger partial charge in [-0.25, -0.2) is 8.78 Å². The van der Waals surface area contributed by atoms with Crippen LogP contribution in [0, 0.1) is 11.6 Å². The summed E-state index contributed by atoms with van der Waals surface area (Å²) in [6, 6.07) is 3.91. The molecule has 20 heavy (non-hydrogen) atoms. The predicted octanol–water partition coefficient (Wildman–Crippen LogP) is 2.45. The molecule has 0 bridgehead atoms. The molecule has 0 heterocycles. The maximum atomic E-state index is 13.7. The maximum absolute atomic E-state index is 13.7. The third kappa shape index (κ3) is 4.00. The van der Waals surface area contributed by atoms with Gasteiger partial charge in [0.15, 0.2) is 0 Å². The Morgan fingerprint density at radius 2 is 2.10 bits per heavy atom. The van der Waals surface area contributed by atoms with Crippen LogP contribution in [-0.2, 0) is 11.3 Å². The average molecular weight is 282 g/mol. The van der Waals surface area contributed by atoms with Gasteiger partial charge in [0, 0.05) is 30.3 Å². The molecule has 1 aromatic rings. The van der Waals surface area contributed by atoms with Crippen molar-refractivity contribution < 1.29 is 13.6 Å². The molecule has 3 nitrogen and oxygen atoms in total. The van der Waals surface area contributed by atoms with E-state index in [4.69, 9.17) is 0 Å². The minimum absolute atomic E-state index is 0.0371. The van der Waals surface area contributed by atoms with E-state index in [1.807, 2.05) is 13.8 Å². The lowest BCUT2D eigenvalue weighted by molar-refractivity contribution is -0.131. The first kappa shape index (κ1) is 14.9. The van der Waals surface area contributed by atoms with E-state index in [1.165, 1.54) is 12.1 Å². The van der Waals surface area contributed by atoms with E-state index in [0.29, 0.717) is 5.56 Å². The van der Waals surface area contributed by atoms with Crippen molar-refractivity contribution in [1.29, 1.82) is 0 Å². The highest BCUT2D eigenvalue weighted by atomic mass is 19.1. The van der Waals surface area contributed by atoms with Crippen LogP contribution in [-0.4, -0.2) is 29.4 Å². The lowest BCUT2D eigenvalue weighted by atomic mass is 10.2. The van der Waals surface area contributed by atoms with E-state index in [9.17, 15) is 13.6 Å². The van der Waals surface area contributed by atoms with Crippen LogP contribution in [0.5, 0.6) is 0 Å². The summed E-state index contributed by atoms with van der Waals surface area (Å²) in [5, 5.41) is 3.07. The van der Waals surface area contributed by atoms with E-state index in [1.54, 1.807) is 4.90 Å². The second kappa shape index (κ2) is 6.31. The Kier molecular flexibility index (Phi) is 4.70. The molecule has 5 heteroatoms. The molecule has 1 saturated carbocycles. The van der Waals surface area contributed by atoms with Gasteiger partial charge in [0.1, 0.15) is 11.6 Å². The van der Waals surface area contributed by atoms with Gasteiger partial charge in [-0.15, -0.1) is 0 Å². The molecule has 110 valence electrons. The van der Waals surface area contributed by atoms with Gasteiger partial charge >= 0.3 is 0 Å². The van der Waals surface area contributed by atoms with Gasteiger partial charge in [-0.05, 0) is 18.9 Å². The Labute approximate surface area is 118 Å². The Bertz CT molecular complexity index is 487. The lowest BCUT2D eigenvalue weighted by Gasteiger charge is -2.23. The van der Waals surface area contributed by atoms with E-state index in [2.05, 4.69) is 5.32 Å². The Morgan fingerprint density at radius 1 is 1.40 bits per heavy atom. The fourth-order valence-electron chi connectivity index (χ4n) is 2.03. The van der Waals surface area contributed by atoms with Crippen molar-refractivity contribution in [3.05, 3.63) is 35.4 Å².